The number of aliphatic imine (C=N–C) groups is 2. The fourth-order valence-electron chi connectivity index (χ4n) is 1.61. The summed E-state index contributed by atoms with van der Waals surface area (Å²) in [4.78, 5) is 21.9. The van der Waals surface area contributed by atoms with Gasteiger partial charge in [-0.2, -0.15) is 0 Å². The molecule has 0 spiro atoms. The van der Waals surface area contributed by atoms with Crippen molar-refractivity contribution in [1.29, 1.82) is 0 Å². The first-order chi connectivity index (χ1) is 7.18. The van der Waals surface area contributed by atoms with Gasteiger partial charge in [0.2, 0.25) is 5.91 Å². The van der Waals surface area contributed by atoms with Crippen molar-refractivity contribution in [3.8, 4) is 0 Å². The van der Waals surface area contributed by atoms with Crippen LogP contribution in [0.15, 0.2) is 27.5 Å². The van der Waals surface area contributed by atoms with Crippen LogP contribution in [0.25, 0.3) is 0 Å². The summed E-state index contributed by atoms with van der Waals surface area (Å²) in [7, 11) is 0. The Hall–Kier alpha value is -1.67. The van der Waals surface area contributed by atoms with Crippen LogP contribution >= 0.6 is 0 Å². The maximum absolute atomic E-state index is 11.8. The molecule has 78 valence electrons. The molecule has 0 bridgehead atoms. The van der Waals surface area contributed by atoms with E-state index in [4.69, 9.17) is 0 Å². The van der Waals surface area contributed by atoms with Crippen LogP contribution in [-0.2, 0) is 4.79 Å². The second kappa shape index (κ2) is 3.83. The highest BCUT2D eigenvalue weighted by atomic mass is 16.2. The first-order valence-corrected chi connectivity index (χ1v) is 5.01. The fraction of sp³-hybridized carbons (Fsp3) is 0.455. The zero-order valence-corrected chi connectivity index (χ0v) is 8.90. The van der Waals surface area contributed by atoms with Crippen molar-refractivity contribution >= 4 is 18.0 Å². The molecule has 0 aromatic rings. The molecule has 0 fully saturated rings. The molecule has 2 aliphatic heterocycles. The van der Waals surface area contributed by atoms with Crippen LogP contribution in [0, 0.1) is 5.92 Å². The molecule has 0 N–H and O–H groups in total. The summed E-state index contributed by atoms with van der Waals surface area (Å²) in [6.07, 6.45) is 3.34. The quantitative estimate of drug-likeness (QED) is 0.627. The molecule has 2 aliphatic rings. The lowest BCUT2D eigenvalue weighted by molar-refractivity contribution is -0.133. The average Bonchev–Trinajstić information content (AvgIpc) is 2.49. The van der Waals surface area contributed by atoms with E-state index >= 15 is 0 Å². The highest BCUT2D eigenvalue weighted by Crippen LogP contribution is 2.21. The van der Waals surface area contributed by atoms with Gasteiger partial charge in [0.05, 0.1) is 24.5 Å². The molecule has 4 nitrogen and oxygen atoms in total. The van der Waals surface area contributed by atoms with E-state index in [-0.39, 0.29) is 11.8 Å². The molecule has 0 aromatic carbocycles. The van der Waals surface area contributed by atoms with Crippen LogP contribution < -0.4 is 0 Å². The van der Waals surface area contributed by atoms with Crippen LogP contribution in [0.5, 0.6) is 0 Å². The number of carbonyl (C=O) groups excluding carboxylic acids is 1. The molecule has 2 rings (SSSR count). The third-order valence-corrected chi connectivity index (χ3v) is 2.40. The lowest BCUT2D eigenvalue weighted by Crippen LogP contribution is -2.32. The molecule has 0 saturated heterocycles. The van der Waals surface area contributed by atoms with Crippen LogP contribution in [0.2, 0.25) is 0 Å². The number of nitrogens with zero attached hydrogens (tertiary/aromatic N) is 3. The predicted octanol–water partition coefficient (Wildman–Crippen LogP) is 1.01. The molecule has 2 heterocycles. The summed E-state index contributed by atoms with van der Waals surface area (Å²) < 4.78 is 0. The van der Waals surface area contributed by atoms with Crippen LogP contribution in [0.3, 0.4) is 0 Å². The summed E-state index contributed by atoms with van der Waals surface area (Å²) in [6.45, 7) is 4.93. The summed E-state index contributed by atoms with van der Waals surface area (Å²) in [6, 6.07) is 0. The van der Waals surface area contributed by atoms with Crippen LogP contribution in [-0.4, -0.2) is 36.0 Å². The number of allylic oxidation sites excluding steroid dienone is 1. The van der Waals surface area contributed by atoms with Gasteiger partial charge in [-0.1, -0.05) is 13.8 Å². The van der Waals surface area contributed by atoms with E-state index in [0.29, 0.717) is 13.1 Å². The van der Waals surface area contributed by atoms with Gasteiger partial charge in [0, 0.05) is 18.2 Å². The van der Waals surface area contributed by atoms with Crippen LogP contribution in [0.1, 0.15) is 13.8 Å². The van der Waals surface area contributed by atoms with Gasteiger partial charge < -0.3 is 4.90 Å². The summed E-state index contributed by atoms with van der Waals surface area (Å²) in [5, 5.41) is 0. The highest BCUT2D eigenvalue weighted by molar-refractivity contribution is 5.85. The maximum atomic E-state index is 11.8. The largest absolute Gasteiger partial charge is 0.330 e. The number of amides is 1. The molecule has 0 unspecified atom stereocenters. The molecule has 15 heavy (non-hydrogen) atoms. The number of hydrogen-bond donors (Lipinski definition) is 0. The van der Waals surface area contributed by atoms with Gasteiger partial charge >= 0.3 is 0 Å². The van der Waals surface area contributed by atoms with Crippen molar-refractivity contribution < 1.29 is 4.79 Å². The monoisotopic (exact) mass is 203 g/mol. The lowest BCUT2D eigenvalue weighted by atomic mass is 10.2. The van der Waals surface area contributed by atoms with E-state index in [1.54, 1.807) is 17.2 Å². The highest BCUT2D eigenvalue weighted by Gasteiger charge is 2.26. The molecule has 0 aromatic heterocycles. The minimum Gasteiger partial charge on any atom is -0.330 e. The molecular formula is C11H13N3O. The Kier molecular flexibility index (Phi) is 2.52. The Labute approximate surface area is 88.7 Å². The smallest absolute Gasteiger partial charge is 0.225 e. The van der Waals surface area contributed by atoms with E-state index in [1.165, 1.54) is 0 Å². The third-order valence-electron chi connectivity index (χ3n) is 2.40. The Bertz CT molecular complexity index is 412. The zero-order valence-electron chi connectivity index (χ0n) is 8.90. The second-order valence-corrected chi connectivity index (χ2v) is 3.93. The standard InChI is InChI=1S/C11H13N3O/c1-8(2)11(15)14-6-9-10(7-14)13-5-3-4-12-9/h3-4,8H,6-7H2,1-2H3. The summed E-state index contributed by atoms with van der Waals surface area (Å²) in [5.74, 6) is 2.94. The molecule has 0 radical (unpaired) electrons. The molecule has 0 atom stereocenters. The molecule has 4 heteroatoms. The Morgan fingerprint density at radius 1 is 1.47 bits per heavy atom. The van der Waals surface area contributed by atoms with E-state index in [2.05, 4.69) is 15.9 Å². The summed E-state index contributed by atoms with van der Waals surface area (Å²) >= 11 is 0. The normalized spacial score (nSPS) is 18.7. The van der Waals surface area contributed by atoms with Gasteiger partial charge in [-0.15, -0.1) is 0 Å². The zero-order chi connectivity index (χ0) is 10.8. The van der Waals surface area contributed by atoms with Gasteiger partial charge in [0.15, 0.2) is 0 Å². The number of carbonyl (C=O) groups is 1. The van der Waals surface area contributed by atoms with E-state index < -0.39 is 0 Å². The number of rotatable bonds is 1. The van der Waals surface area contributed by atoms with E-state index in [0.717, 1.165) is 11.4 Å². The average molecular weight is 203 g/mol. The van der Waals surface area contributed by atoms with Crippen molar-refractivity contribution in [3.05, 3.63) is 17.5 Å². The Morgan fingerprint density at radius 3 is 2.93 bits per heavy atom. The molecular weight excluding hydrogens is 190 g/mol. The second-order valence-electron chi connectivity index (χ2n) is 3.93. The van der Waals surface area contributed by atoms with Crippen molar-refractivity contribution in [2.45, 2.75) is 13.8 Å². The topological polar surface area (TPSA) is 45.0 Å². The van der Waals surface area contributed by atoms with Gasteiger partial charge in [-0.05, 0) is 5.87 Å². The van der Waals surface area contributed by atoms with Gasteiger partial charge in [0.25, 0.3) is 0 Å². The molecule has 0 aliphatic carbocycles. The van der Waals surface area contributed by atoms with Crippen LogP contribution in [0.4, 0.5) is 0 Å². The first kappa shape index (κ1) is 9.87. The molecule has 0 saturated carbocycles. The maximum Gasteiger partial charge on any atom is 0.225 e. The predicted molar refractivity (Wildman–Crippen MR) is 58.9 cm³/mol. The van der Waals surface area contributed by atoms with Crippen molar-refractivity contribution in [2.24, 2.45) is 15.9 Å². The summed E-state index contributed by atoms with van der Waals surface area (Å²) in [5.41, 5.74) is 1.74. The van der Waals surface area contributed by atoms with Gasteiger partial charge in [0.1, 0.15) is 0 Å². The third kappa shape index (κ3) is 1.90. The van der Waals surface area contributed by atoms with E-state index in [1.807, 2.05) is 13.8 Å². The minimum atomic E-state index is 0.0250. The van der Waals surface area contributed by atoms with Gasteiger partial charge in [-0.3, -0.25) is 9.79 Å². The minimum absolute atomic E-state index is 0.0250. The number of hydrogen-bond acceptors (Lipinski definition) is 3. The fourth-order valence-corrected chi connectivity index (χ4v) is 1.61. The van der Waals surface area contributed by atoms with Crippen molar-refractivity contribution in [3.63, 3.8) is 0 Å². The Morgan fingerprint density at radius 2 is 2.20 bits per heavy atom. The molecule has 1 amide bonds. The van der Waals surface area contributed by atoms with Crippen molar-refractivity contribution in [1.82, 2.24) is 4.90 Å². The van der Waals surface area contributed by atoms with Gasteiger partial charge in [-0.25, -0.2) is 4.99 Å². The first-order valence-electron chi connectivity index (χ1n) is 5.01. The SMILES string of the molecule is CC(C)C(=O)N1CC2=C(C1)N=CC=C=N2. The van der Waals surface area contributed by atoms with Crippen molar-refractivity contribution in [2.75, 3.05) is 13.1 Å². The van der Waals surface area contributed by atoms with E-state index in [9.17, 15) is 4.79 Å². The lowest BCUT2D eigenvalue weighted by Gasteiger charge is -2.17. The Balaban J connectivity index is 2.14.